The lowest BCUT2D eigenvalue weighted by Gasteiger charge is -2.49. The fraction of sp³-hybridized carbons (Fsp3) is 0.667. The van der Waals surface area contributed by atoms with Gasteiger partial charge < -0.3 is 14.2 Å². The van der Waals surface area contributed by atoms with E-state index < -0.39 is 6.61 Å². The third-order valence-electron chi connectivity index (χ3n) is 4.26. The van der Waals surface area contributed by atoms with Crippen LogP contribution >= 0.6 is 0 Å². The largest absolute Gasteiger partial charge is 0.490 e. The van der Waals surface area contributed by atoms with Crippen LogP contribution in [0.2, 0.25) is 0 Å². The number of nitrogens with zero attached hydrogens (tertiary/aromatic N) is 1. The van der Waals surface area contributed by atoms with Gasteiger partial charge in [0, 0.05) is 23.7 Å². The average molecular weight is 343 g/mol. The van der Waals surface area contributed by atoms with Gasteiger partial charge in [-0.3, -0.25) is 4.90 Å². The Bertz CT molecular complexity index is 539. The summed E-state index contributed by atoms with van der Waals surface area (Å²) in [5.74, 6) is 0.718. The van der Waals surface area contributed by atoms with Crippen molar-refractivity contribution in [1.29, 1.82) is 0 Å². The molecule has 0 aliphatic carbocycles. The molecule has 0 radical (unpaired) electrons. The average Bonchev–Trinajstić information content (AvgIpc) is 2.55. The number of halogens is 2. The molecule has 0 N–H and O–H groups in total. The Balaban J connectivity index is 0.00000100. The van der Waals surface area contributed by atoms with E-state index in [1.165, 1.54) is 6.07 Å². The van der Waals surface area contributed by atoms with Crippen LogP contribution in [0.1, 0.15) is 46.2 Å². The molecule has 1 fully saturated rings. The van der Waals surface area contributed by atoms with Crippen molar-refractivity contribution in [2.45, 2.75) is 65.5 Å². The summed E-state index contributed by atoms with van der Waals surface area (Å²) < 4.78 is 40.8. The van der Waals surface area contributed by atoms with E-state index in [0.717, 1.165) is 5.56 Å². The molecule has 3 unspecified atom stereocenters. The maximum absolute atomic E-state index is 12.3. The maximum atomic E-state index is 12.3. The van der Waals surface area contributed by atoms with Crippen LogP contribution in [0.15, 0.2) is 18.2 Å². The molecule has 4 nitrogen and oxygen atoms in total. The predicted octanol–water partition coefficient (Wildman–Crippen LogP) is 4.25. The lowest BCUT2D eigenvalue weighted by atomic mass is 9.92. The molecular formula is C18H27F2NO3. The van der Waals surface area contributed by atoms with Crippen LogP contribution in [-0.2, 0) is 4.74 Å². The van der Waals surface area contributed by atoms with Crippen LogP contribution in [-0.4, -0.2) is 42.9 Å². The highest BCUT2D eigenvalue weighted by Crippen LogP contribution is 2.43. The van der Waals surface area contributed by atoms with E-state index in [-0.39, 0.29) is 17.9 Å². The number of ether oxygens (including phenoxy) is 3. The molecule has 136 valence electrons. The van der Waals surface area contributed by atoms with Gasteiger partial charge in [-0.2, -0.15) is 8.78 Å². The Hall–Kier alpha value is -1.40. The summed E-state index contributed by atoms with van der Waals surface area (Å²) in [5, 5.41) is 0. The minimum absolute atomic E-state index is 0.0343. The van der Waals surface area contributed by atoms with Gasteiger partial charge in [-0.05, 0) is 32.9 Å². The Morgan fingerprint density at radius 3 is 2.54 bits per heavy atom. The molecule has 24 heavy (non-hydrogen) atoms. The van der Waals surface area contributed by atoms with Gasteiger partial charge in [-0.15, -0.1) is 0 Å². The van der Waals surface area contributed by atoms with E-state index in [4.69, 9.17) is 9.47 Å². The van der Waals surface area contributed by atoms with Crippen LogP contribution in [0.3, 0.4) is 0 Å². The number of morpholine rings is 1. The Morgan fingerprint density at radius 2 is 1.92 bits per heavy atom. The second-order valence-electron chi connectivity index (χ2n) is 6.10. The topological polar surface area (TPSA) is 30.9 Å². The van der Waals surface area contributed by atoms with E-state index in [1.54, 1.807) is 12.1 Å². The second kappa shape index (κ2) is 8.12. The van der Waals surface area contributed by atoms with E-state index in [1.807, 2.05) is 13.8 Å². The molecule has 0 spiro atoms. The number of rotatable bonds is 3. The summed E-state index contributed by atoms with van der Waals surface area (Å²) in [4.78, 5) is 2.41. The zero-order valence-electron chi connectivity index (χ0n) is 15.0. The molecule has 2 aliphatic heterocycles. The van der Waals surface area contributed by atoms with Crippen molar-refractivity contribution in [2.75, 3.05) is 13.2 Å². The smallest absolute Gasteiger partial charge is 0.387 e. The van der Waals surface area contributed by atoms with Gasteiger partial charge in [-0.1, -0.05) is 13.8 Å². The third-order valence-corrected chi connectivity index (χ3v) is 4.26. The van der Waals surface area contributed by atoms with Crippen molar-refractivity contribution in [2.24, 2.45) is 0 Å². The van der Waals surface area contributed by atoms with E-state index in [9.17, 15) is 8.78 Å². The number of alkyl halides is 2. The molecule has 0 aromatic heterocycles. The zero-order valence-corrected chi connectivity index (χ0v) is 15.0. The van der Waals surface area contributed by atoms with Gasteiger partial charge in [0.2, 0.25) is 0 Å². The minimum Gasteiger partial charge on any atom is -0.490 e. The number of hydrogen-bond acceptors (Lipinski definition) is 4. The molecule has 1 aromatic rings. The highest BCUT2D eigenvalue weighted by atomic mass is 19.3. The van der Waals surface area contributed by atoms with Gasteiger partial charge in [0.25, 0.3) is 0 Å². The second-order valence-corrected chi connectivity index (χ2v) is 6.10. The van der Waals surface area contributed by atoms with E-state index in [2.05, 4.69) is 30.4 Å². The maximum Gasteiger partial charge on any atom is 0.387 e. The van der Waals surface area contributed by atoms with Crippen LogP contribution in [0.4, 0.5) is 8.78 Å². The highest BCUT2D eigenvalue weighted by molar-refractivity contribution is 5.44. The quantitative estimate of drug-likeness (QED) is 0.821. The first-order chi connectivity index (χ1) is 11.5. The summed E-state index contributed by atoms with van der Waals surface area (Å²) in [7, 11) is 0. The standard InChI is InChI=1S/C16H21F2NO3.C2H6/c1-9(2)19-10(3)7-20-14-8-21-13-6-11(22-16(17)18)4-5-12(13)15(14)19;1-2/h4-6,9-10,14-16H,7-8H2,1-3H3;1-2H3. The number of fused-ring (bicyclic) bond motifs is 3. The number of benzene rings is 1. The summed E-state index contributed by atoms with van der Waals surface area (Å²) in [6.07, 6.45) is -0.0343. The molecule has 2 aliphatic rings. The first-order valence-corrected chi connectivity index (χ1v) is 8.58. The summed E-state index contributed by atoms with van der Waals surface area (Å²) in [5.41, 5.74) is 0.970. The fourth-order valence-corrected chi connectivity index (χ4v) is 3.47. The van der Waals surface area contributed by atoms with Crippen molar-refractivity contribution in [3.05, 3.63) is 23.8 Å². The molecule has 0 bridgehead atoms. The SMILES string of the molecule is CC.CC(C)N1C(C)COC2COc3cc(OC(F)F)ccc3C21. The van der Waals surface area contributed by atoms with Crippen LogP contribution in [0.25, 0.3) is 0 Å². The summed E-state index contributed by atoms with van der Waals surface area (Å²) in [6, 6.07) is 5.64. The molecule has 0 saturated carbocycles. The van der Waals surface area contributed by atoms with Crippen LogP contribution in [0.5, 0.6) is 11.5 Å². The normalized spacial score (nSPS) is 26.1. The van der Waals surface area contributed by atoms with Gasteiger partial charge in [-0.25, -0.2) is 0 Å². The summed E-state index contributed by atoms with van der Waals surface area (Å²) in [6.45, 7) is 8.71. The summed E-state index contributed by atoms with van der Waals surface area (Å²) >= 11 is 0. The van der Waals surface area contributed by atoms with Gasteiger partial charge in [0.15, 0.2) is 0 Å². The fourth-order valence-electron chi connectivity index (χ4n) is 3.47. The van der Waals surface area contributed by atoms with E-state index >= 15 is 0 Å². The van der Waals surface area contributed by atoms with Crippen molar-refractivity contribution < 1.29 is 23.0 Å². The Morgan fingerprint density at radius 1 is 1.21 bits per heavy atom. The zero-order chi connectivity index (χ0) is 17.9. The van der Waals surface area contributed by atoms with Gasteiger partial charge in [0.1, 0.15) is 24.2 Å². The van der Waals surface area contributed by atoms with Crippen LogP contribution < -0.4 is 9.47 Å². The molecule has 3 atom stereocenters. The van der Waals surface area contributed by atoms with Crippen molar-refractivity contribution in [3.63, 3.8) is 0 Å². The molecule has 1 aromatic carbocycles. The first kappa shape index (κ1) is 18.9. The predicted molar refractivity (Wildman–Crippen MR) is 88.8 cm³/mol. The number of hydrogen-bond donors (Lipinski definition) is 0. The molecule has 6 heteroatoms. The Kier molecular flexibility index (Phi) is 6.40. The lowest BCUT2D eigenvalue weighted by molar-refractivity contribution is -0.133. The van der Waals surface area contributed by atoms with Crippen molar-refractivity contribution >= 4 is 0 Å². The minimum atomic E-state index is -2.83. The lowest BCUT2D eigenvalue weighted by Crippen LogP contribution is -2.56. The van der Waals surface area contributed by atoms with E-state index in [0.29, 0.717) is 31.0 Å². The molecule has 1 saturated heterocycles. The molecule has 3 rings (SSSR count). The monoisotopic (exact) mass is 343 g/mol. The van der Waals surface area contributed by atoms with Gasteiger partial charge in [0.05, 0.1) is 12.6 Å². The highest BCUT2D eigenvalue weighted by Gasteiger charge is 2.42. The van der Waals surface area contributed by atoms with Crippen molar-refractivity contribution in [1.82, 2.24) is 4.90 Å². The molecule has 0 amide bonds. The van der Waals surface area contributed by atoms with Gasteiger partial charge >= 0.3 is 6.61 Å². The molecular weight excluding hydrogens is 316 g/mol. The Labute approximate surface area is 142 Å². The molecule has 2 heterocycles. The van der Waals surface area contributed by atoms with Crippen LogP contribution in [0, 0.1) is 0 Å². The van der Waals surface area contributed by atoms with Crippen molar-refractivity contribution in [3.8, 4) is 11.5 Å². The third kappa shape index (κ3) is 3.81. The first-order valence-electron chi connectivity index (χ1n) is 8.58.